The lowest BCUT2D eigenvalue weighted by Crippen LogP contribution is -2.28. The normalized spacial score (nSPS) is 10.5. The molecule has 0 N–H and O–H groups in total. The van der Waals surface area contributed by atoms with Crippen LogP contribution in [0.1, 0.15) is 35.9 Å². The van der Waals surface area contributed by atoms with Crippen LogP contribution in [0.3, 0.4) is 0 Å². The third kappa shape index (κ3) is 3.47. The summed E-state index contributed by atoms with van der Waals surface area (Å²) in [7, 11) is 3.45. The van der Waals surface area contributed by atoms with Crippen molar-refractivity contribution in [2.45, 2.75) is 26.7 Å². The molecule has 0 radical (unpaired) electrons. The van der Waals surface area contributed by atoms with Crippen molar-refractivity contribution < 1.29 is 9.53 Å². The van der Waals surface area contributed by atoms with E-state index in [1.807, 2.05) is 44.3 Å². The fourth-order valence-electron chi connectivity index (χ4n) is 2.27. The smallest absolute Gasteiger partial charge is 0.274 e. The summed E-state index contributed by atoms with van der Waals surface area (Å²) < 4.78 is 7.00. The maximum atomic E-state index is 12.4. The Bertz CT molecular complexity index is 649. The summed E-state index contributed by atoms with van der Waals surface area (Å²) >= 11 is 0. The van der Waals surface area contributed by atoms with Crippen LogP contribution < -0.4 is 4.74 Å². The van der Waals surface area contributed by atoms with Crippen LogP contribution in [0.25, 0.3) is 5.69 Å². The number of ether oxygens (including phenoxy) is 1. The number of nitrogens with zero attached hydrogens (tertiary/aromatic N) is 3. The number of methoxy groups -OCH3 is 1. The summed E-state index contributed by atoms with van der Waals surface area (Å²) in [5.41, 5.74) is 2.27. The molecule has 22 heavy (non-hydrogen) atoms. The Balaban J connectivity index is 2.25. The number of unbranched alkanes of at least 4 members (excludes halogenated alkanes) is 1. The minimum Gasteiger partial charge on any atom is -0.497 e. The first-order chi connectivity index (χ1) is 10.6. The van der Waals surface area contributed by atoms with Gasteiger partial charge in [0.15, 0.2) is 5.69 Å². The van der Waals surface area contributed by atoms with Gasteiger partial charge in [-0.1, -0.05) is 19.4 Å². The van der Waals surface area contributed by atoms with Gasteiger partial charge in [-0.05, 0) is 31.5 Å². The lowest BCUT2D eigenvalue weighted by atomic mass is 10.3. The lowest BCUT2D eigenvalue weighted by Gasteiger charge is -2.14. The molecule has 0 spiro atoms. The summed E-state index contributed by atoms with van der Waals surface area (Å²) in [6.45, 7) is 4.80. The number of rotatable bonds is 6. The summed E-state index contributed by atoms with van der Waals surface area (Å²) in [6, 6.07) is 9.45. The van der Waals surface area contributed by atoms with Crippen molar-refractivity contribution >= 4 is 5.91 Å². The van der Waals surface area contributed by atoms with E-state index in [0.29, 0.717) is 5.69 Å². The van der Waals surface area contributed by atoms with Crippen molar-refractivity contribution in [3.05, 3.63) is 41.7 Å². The van der Waals surface area contributed by atoms with Crippen LogP contribution in [0, 0.1) is 6.92 Å². The molecule has 0 aliphatic rings. The van der Waals surface area contributed by atoms with Crippen LogP contribution in [0.2, 0.25) is 0 Å². The van der Waals surface area contributed by atoms with Crippen molar-refractivity contribution in [3.63, 3.8) is 0 Å². The predicted octanol–water partition coefficient (Wildman–Crippen LogP) is 3.06. The van der Waals surface area contributed by atoms with Gasteiger partial charge < -0.3 is 9.64 Å². The number of carbonyl (C=O) groups is 1. The van der Waals surface area contributed by atoms with E-state index in [0.717, 1.165) is 36.5 Å². The van der Waals surface area contributed by atoms with Crippen molar-refractivity contribution in [1.82, 2.24) is 14.7 Å². The van der Waals surface area contributed by atoms with Crippen LogP contribution >= 0.6 is 0 Å². The number of hydrogen-bond acceptors (Lipinski definition) is 3. The minimum atomic E-state index is -0.0433. The van der Waals surface area contributed by atoms with Crippen molar-refractivity contribution in [2.24, 2.45) is 0 Å². The van der Waals surface area contributed by atoms with Gasteiger partial charge in [-0.25, -0.2) is 4.68 Å². The van der Waals surface area contributed by atoms with E-state index >= 15 is 0 Å². The number of benzene rings is 1. The third-order valence-electron chi connectivity index (χ3n) is 3.60. The third-order valence-corrected chi connectivity index (χ3v) is 3.60. The highest BCUT2D eigenvalue weighted by molar-refractivity contribution is 5.92. The van der Waals surface area contributed by atoms with Crippen molar-refractivity contribution in [2.75, 3.05) is 20.7 Å². The van der Waals surface area contributed by atoms with E-state index < -0.39 is 0 Å². The molecular weight excluding hydrogens is 278 g/mol. The fraction of sp³-hybridized carbons (Fsp3) is 0.412. The topological polar surface area (TPSA) is 47.4 Å². The Kier molecular flexibility index (Phi) is 5.20. The Morgan fingerprint density at radius 3 is 2.82 bits per heavy atom. The van der Waals surface area contributed by atoms with Gasteiger partial charge in [-0.15, -0.1) is 0 Å². The number of amides is 1. The summed E-state index contributed by atoms with van der Waals surface area (Å²) in [6.07, 6.45) is 2.06. The number of hydrogen-bond donors (Lipinski definition) is 0. The maximum absolute atomic E-state index is 12.4. The number of carbonyl (C=O) groups excluding carboxylic acids is 1. The van der Waals surface area contributed by atoms with Gasteiger partial charge >= 0.3 is 0 Å². The molecule has 118 valence electrons. The second-order valence-electron chi connectivity index (χ2n) is 5.36. The number of aryl methyl sites for hydroxylation is 1. The monoisotopic (exact) mass is 301 g/mol. The Labute approximate surface area is 131 Å². The fourth-order valence-corrected chi connectivity index (χ4v) is 2.27. The molecule has 0 bridgehead atoms. The van der Waals surface area contributed by atoms with Crippen molar-refractivity contribution in [1.29, 1.82) is 0 Å². The largest absolute Gasteiger partial charge is 0.497 e. The highest BCUT2D eigenvalue weighted by atomic mass is 16.5. The van der Waals surface area contributed by atoms with E-state index in [2.05, 4.69) is 12.0 Å². The Hall–Kier alpha value is -2.30. The molecule has 0 unspecified atom stereocenters. The SMILES string of the molecule is CCCCN(C)C(=O)c1cc(C)n(-c2cccc(OC)c2)n1. The second-order valence-corrected chi connectivity index (χ2v) is 5.36. The predicted molar refractivity (Wildman–Crippen MR) is 86.7 cm³/mol. The minimum absolute atomic E-state index is 0.0433. The maximum Gasteiger partial charge on any atom is 0.274 e. The average Bonchev–Trinajstić information content (AvgIpc) is 2.93. The van der Waals surface area contributed by atoms with E-state index in [1.54, 1.807) is 16.7 Å². The summed E-state index contributed by atoms with van der Waals surface area (Å²) in [4.78, 5) is 14.1. The van der Waals surface area contributed by atoms with Gasteiger partial charge in [0.2, 0.25) is 0 Å². The molecule has 0 aliphatic heterocycles. The van der Waals surface area contributed by atoms with Gasteiger partial charge in [0.25, 0.3) is 5.91 Å². The summed E-state index contributed by atoms with van der Waals surface area (Å²) in [5, 5.41) is 4.45. The lowest BCUT2D eigenvalue weighted by molar-refractivity contribution is 0.0787. The molecule has 0 saturated heterocycles. The molecule has 1 aromatic carbocycles. The first-order valence-corrected chi connectivity index (χ1v) is 7.53. The highest BCUT2D eigenvalue weighted by Crippen LogP contribution is 2.18. The van der Waals surface area contributed by atoms with E-state index in [1.165, 1.54) is 0 Å². The summed E-state index contributed by atoms with van der Waals surface area (Å²) in [5.74, 6) is 0.721. The molecule has 0 aliphatic carbocycles. The first kappa shape index (κ1) is 16.1. The van der Waals surface area contributed by atoms with Gasteiger partial charge in [-0.3, -0.25) is 4.79 Å². The molecule has 0 fully saturated rings. The van der Waals surface area contributed by atoms with Crippen LogP contribution in [0.15, 0.2) is 30.3 Å². The molecule has 2 rings (SSSR count). The van der Waals surface area contributed by atoms with Gasteiger partial charge in [-0.2, -0.15) is 5.10 Å². The molecule has 1 aromatic heterocycles. The van der Waals surface area contributed by atoms with Crippen molar-refractivity contribution in [3.8, 4) is 11.4 Å². The Morgan fingerprint density at radius 1 is 1.36 bits per heavy atom. The standard InChI is InChI=1S/C17H23N3O2/c1-5-6-10-19(3)17(21)16-11-13(2)20(18-16)14-8-7-9-15(12-14)22-4/h7-9,11-12H,5-6,10H2,1-4H3. The molecular formula is C17H23N3O2. The van der Waals surface area contributed by atoms with Gasteiger partial charge in [0.05, 0.1) is 12.8 Å². The van der Waals surface area contributed by atoms with Crippen LogP contribution in [0.4, 0.5) is 0 Å². The molecule has 5 nitrogen and oxygen atoms in total. The van der Waals surface area contributed by atoms with Gasteiger partial charge in [0.1, 0.15) is 5.75 Å². The van der Waals surface area contributed by atoms with Crippen LogP contribution in [0.5, 0.6) is 5.75 Å². The Morgan fingerprint density at radius 2 is 2.14 bits per heavy atom. The molecule has 5 heteroatoms. The zero-order valence-corrected chi connectivity index (χ0v) is 13.7. The molecule has 1 amide bonds. The molecule has 2 aromatic rings. The zero-order valence-electron chi connectivity index (χ0n) is 13.7. The second kappa shape index (κ2) is 7.11. The van der Waals surface area contributed by atoms with E-state index in [-0.39, 0.29) is 5.91 Å². The zero-order chi connectivity index (χ0) is 16.1. The quantitative estimate of drug-likeness (QED) is 0.824. The molecule has 1 heterocycles. The molecule has 0 saturated carbocycles. The molecule has 0 atom stereocenters. The van der Waals surface area contributed by atoms with Crippen LogP contribution in [-0.2, 0) is 0 Å². The highest BCUT2D eigenvalue weighted by Gasteiger charge is 2.17. The van der Waals surface area contributed by atoms with E-state index in [9.17, 15) is 4.79 Å². The van der Waals surface area contributed by atoms with Crippen LogP contribution in [-0.4, -0.2) is 41.3 Å². The van der Waals surface area contributed by atoms with Gasteiger partial charge in [0, 0.05) is 25.4 Å². The first-order valence-electron chi connectivity index (χ1n) is 7.53. The average molecular weight is 301 g/mol. The van der Waals surface area contributed by atoms with E-state index in [4.69, 9.17) is 4.74 Å². The number of aromatic nitrogens is 2.